The van der Waals surface area contributed by atoms with Gasteiger partial charge in [0, 0.05) is 29.8 Å². The number of phenolic OH excluding ortho intramolecular Hbond substituents is 1. The van der Waals surface area contributed by atoms with E-state index in [9.17, 15) is 6.48 Å². The van der Waals surface area contributed by atoms with E-state index in [1.165, 1.54) is 60.1 Å². The van der Waals surface area contributed by atoms with Crippen molar-refractivity contribution in [2.24, 2.45) is 0 Å². The van der Waals surface area contributed by atoms with Gasteiger partial charge < -0.3 is 5.11 Å². The summed E-state index contributed by atoms with van der Waals surface area (Å²) >= 11 is 0. The first-order chi connectivity index (χ1) is 34.9. The lowest BCUT2D eigenvalue weighted by Crippen LogP contribution is -2.39. The Kier molecular flexibility index (Phi) is 12.8. The highest BCUT2D eigenvalue weighted by atomic mass is 28.3. The molecule has 0 bridgehead atoms. The first kappa shape index (κ1) is 49.2. The number of hydrogen-bond acceptors (Lipinski definition) is 3. The van der Waals surface area contributed by atoms with Crippen molar-refractivity contribution in [2.75, 3.05) is 0 Å². The summed E-state index contributed by atoms with van der Waals surface area (Å²) in [6, 6.07) is 54.3. The summed E-state index contributed by atoms with van der Waals surface area (Å²) in [6.45, 7) is 26.9. The van der Waals surface area contributed by atoms with Crippen molar-refractivity contribution in [2.45, 2.75) is 167 Å². The largest absolute Gasteiger partial charge is 0.507 e. The molecule has 2 aliphatic heterocycles. The van der Waals surface area contributed by atoms with Crippen LogP contribution in [0.25, 0.3) is 72.7 Å². The Bertz CT molecular complexity index is 3360. The molecule has 376 valence electrons. The SMILES string of the molecule is [2H]C1(c2ccc(-c3ccnc(-c4cc(-c5cccc6c5nc(-c5cc(C(C)(C)C)cc(C(C)(C)C)c5O)n6-c5ccc(C(C)(C)C)cc5-c5ccccc5)cc(C(C)(C)C)c4)c3)cc2)CC[Si]2(CCCCC2)CC1. The second-order valence-electron chi connectivity index (χ2n) is 25.9. The van der Waals surface area contributed by atoms with E-state index in [0.717, 1.165) is 85.3 Å². The molecule has 1 spiro atoms. The average molecular weight is 983 g/mol. The van der Waals surface area contributed by atoms with Gasteiger partial charge in [-0.2, -0.15) is 0 Å². The fourth-order valence-electron chi connectivity index (χ4n) is 11.8. The van der Waals surface area contributed by atoms with Gasteiger partial charge in [-0.25, -0.2) is 4.98 Å². The van der Waals surface area contributed by atoms with Crippen LogP contribution in [0.3, 0.4) is 0 Å². The number of benzene rings is 6. The number of fused-ring (bicyclic) bond motifs is 1. The second-order valence-corrected chi connectivity index (χ2v) is 30.9. The van der Waals surface area contributed by atoms with Crippen LogP contribution in [-0.2, 0) is 21.7 Å². The molecule has 1 N–H and O–H groups in total. The van der Waals surface area contributed by atoms with Gasteiger partial charge in [-0.05, 0) is 133 Å². The van der Waals surface area contributed by atoms with Gasteiger partial charge in [0.15, 0.2) is 0 Å². The van der Waals surface area contributed by atoms with Crippen LogP contribution in [0, 0.1) is 0 Å². The number of aromatic hydroxyl groups is 1. The molecule has 2 aromatic heterocycles. The van der Waals surface area contributed by atoms with Crippen molar-refractivity contribution in [3.05, 3.63) is 167 Å². The molecule has 0 amide bonds. The van der Waals surface area contributed by atoms with E-state index in [1.807, 2.05) is 6.20 Å². The molecule has 0 aliphatic carbocycles. The first-order valence-electron chi connectivity index (χ1n) is 27.7. The summed E-state index contributed by atoms with van der Waals surface area (Å²) in [5, 5.41) is 12.6. The van der Waals surface area contributed by atoms with E-state index in [0.29, 0.717) is 11.4 Å². The third-order valence-electron chi connectivity index (χ3n) is 16.5. The quantitative estimate of drug-likeness (QED) is 0.162. The fourth-order valence-corrected chi connectivity index (χ4v) is 17.0. The van der Waals surface area contributed by atoms with Gasteiger partial charge in [0.05, 0.1) is 36.1 Å². The van der Waals surface area contributed by atoms with Crippen LogP contribution in [0.2, 0.25) is 24.2 Å². The van der Waals surface area contributed by atoms with Crippen molar-refractivity contribution in [1.82, 2.24) is 14.5 Å². The summed E-state index contributed by atoms with van der Waals surface area (Å²) in [5.74, 6) is 0.481. The van der Waals surface area contributed by atoms with Gasteiger partial charge in [-0.1, -0.05) is 211 Å². The Hall–Kier alpha value is -6.04. The Labute approximate surface area is 439 Å². The van der Waals surface area contributed by atoms with E-state index in [1.54, 1.807) is 0 Å². The molecule has 0 saturated carbocycles. The smallest absolute Gasteiger partial charge is 0.149 e. The summed E-state index contributed by atoms with van der Waals surface area (Å²) in [7, 11) is -1.16. The number of hydrogen-bond donors (Lipinski definition) is 1. The third kappa shape index (κ3) is 10.2. The number of pyridine rings is 1. The summed E-state index contributed by atoms with van der Waals surface area (Å²) in [5.41, 5.74) is 17.0. The van der Waals surface area contributed by atoms with E-state index < -0.39 is 14.0 Å². The molecular formula is C68H79N3OSi. The van der Waals surface area contributed by atoms with Crippen LogP contribution in [0.4, 0.5) is 0 Å². The third-order valence-corrected chi connectivity index (χ3v) is 22.0. The maximum atomic E-state index is 12.6. The number of para-hydroxylation sites is 1. The standard InChI is InChI=1S/C68H79N3OSi/c1-65(2,3)52-28-29-60(56(42-52)48-20-15-13-16-21-48)71-61-23-19-22-55(62(61)70-64(71)57-43-54(67(7,8)9)44-58(63(57)72)68(10,11)12)50-38-51(40-53(39-50)66(4,5)6)59-41-49(30-33-69-59)46-26-24-45(25-27-46)47-31-36-73(37-32-47)34-17-14-18-35-73/h13,15-16,19-30,33,38-44,47,72H,14,17-18,31-32,34-37H2,1-12H3/i47D. The molecule has 4 nitrogen and oxygen atoms in total. The molecule has 10 rings (SSSR count). The molecule has 73 heavy (non-hydrogen) atoms. The molecule has 5 heteroatoms. The summed E-state index contributed by atoms with van der Waals surface area (Å²) in [4.78, 5) is 10.8. The predicted molar refractivity (Wildman–Crippen MR) is 313 cm³/mol. The molecular weight excluding hydrogens is 903 g/mol. The Morgan fingerprint density at radius 2 is 1.16 bits per heavy atom. The van der Waals surface area contributed by atoms with Gasteiger partial charge >= 0.3 is 0 Å². The van der Waals surface area contributed by atoms with Crippen LogP contribution >= 0.6 is 0 Å². The Balaban J connectivity index is 1.13. The van der Waals surface area contributed by atoms with E-state index in [2.05, 4.69) is 221 Å². The fraction of sp³-hybridized carbons (Fsp3) is 0.382. The van der Waals surface area contributed by atoms with Gasteiger partial charge in [0.2, 0.25) is 0 Å². The lowest BCUT2D eigenvalue weighted by Gasteiger charge is -2.41. The van der Waals surface area contributed by atoms with E-state index in [4.69, 9.17) is 9.97 Å². The summed E-state index contributed by atoms with van der Waals surface area (Å²) < 4.78 is 11.9. The minimum absolute atomic E-state index is 0.0790. The molecule has 0 radical (unpaired) electrons. The molecule has 0 unspecified atom stereocenters. The zero-order chi connectivity index (χ0) is 52.6. The van der Waals surface area contributed by atoms with Gasteiger partial charge in [-0.3, -0.25) is 9.55 Å². The maximum Gasteiger partial charge on any atom is 0.149 e. The van der Waals surface area contributed by atoms with Crippen molar-refractivity contribution < 1.29 is 6.48 Å². The predicted octanol–water partition coefficient (Wildman–Crippen LogP) is 19.2. The highest BCUT2D eigenvalue weighted by molar-refractivity contribution is 6.80. The lowest BCUT2D eigenvalue weighted by atomic mass is 9.79. The highest BCUT2D eigenvalue weighted by Crippen LogP contribution is 2.48. The van der Waals surface area contributed by atoms with Crippen molar-refractivity contribution in [1.29, 1.82) is 0 Å². The van der Waals surface area contributed by atoms with Gasteiger partial charge in [-0.15, -0.1) is 0 Å². The minimum Gasteiger partial charge on any atom is -0.507 e. The molecule has 8 aromatic rings. The molecule has 4 heterocycles. The molecule has 0 atom stereocenters. The molecule has 6 aromatic carbocycles. The van der Waals surface area contributed by atoms with E-state index in [-0.39, 0.29) is 27.4 Å². The number of nitrogens with zero attached hydrogens (tertiary/aromatic N) is 3. The van der Waals surface area contributed by atoms with Crippen LogP contribution in [0.1, 0.15) is 150 Å². The van der Waals surface area contributed by atoms with Gasteiger partial charge in [0.1, 0.15) is 11.6 Å². The topological polar surface area (TPSA) is 50.9 Å². The Morgan fingerprint density at radius 1 is 0.521 bits per heavy atom. The maximum absolute atomic E-state index is 12.6. The van der Waals surface area contributed by atoms with Crippen LogP contribution in [0.5, 0.6) is 5.75 Å². The zero-order valence-electron chi connectivity index (χ0n) is 46.9. The normalized spacial score (nSPS) is 16.5. The number of imidazole rings is 1. The minimum atomic E-state index is -1.16. The molecule has 2 fully saturated rings. The number of aromatic nitrogens is 3. The Morgan fingerprint density at radius 3 is 1.82 bits per heavy atom. The van der Waals surface area contributed by atoms with Gasteiger partial charge in [0.25, 0.3) is 0 Å². The van der Waals surface area contributed by atoms with Crippen LogP contribution in [0.15, 0.2) is 140 Å². The lowest BCUT2D eigenvalue weighted by molar-refractivity contribution is 0.446. The number of phenols is 1. The molecule has 2 aliphatic rings. The molecule has 2 saturated heterocycles. The van der Waals surface area contributed by atoms with Crippen LogP contribution < -0.4 is 0 Å². The van der Waals surface area contributed by atoms with Crippen molar-refractivity contribution in [3.8, 4) is 67.5 Å². The highest BCUT2D eigenvalue weighted by Gasteiger charge is 2.38. The number of rotatable bonds is 7. The summed E-state index contributed by atoms with van der Waals surface area (Å²) in [6.07, 6.45) is 8.23. The van der Waals surface area contributed by atoms with E-state index >= 15 is 0 Å². The monoisotopic (exact) mass is 983 g/mol. The second kappa shape index (κ2) is 19.0. The van der Waals surface area contributed by atoms with Crippen molar-refractivity contribution >= 4 is 19.1 Å². The van der Waals surface area contributed by atoms with Crippen molar-refractivity contribution in [3.63, 3.8) is 0 Å². The first-order valence-corrected chi connectivity index (χ1v) is 30.1. The average Bonchev–Trinajstić information content (AvgIpc) is 3.76. The van der Waals surface area contributed by atoms with Crippen LogP contribution in [-0.4, -0.2) is 27.7 Å². The zero-order valence-corrected chi connectivity index (χ0v) is 46.9.